The average Bonchev–Trinajstić information content (AvgIpc) is 2.51. The van der Waals surface area contributed by atoms with Crippen LogP contribution in [0.1, 0.15) is 36.6 Å². The summed E-state index contributed by atoms with van der Waals surface area (Å²) in [7, 11) is 0. The molecule has 2 rings (SSSR count). The molecule has 0 aliphatic heterocycles. The van der Waals surface area contributed by atoms with Gasteiger partial charge >= 0.3 is 0 Å². The van der Waals surface area contributed by atoms with Crippen LogP contribution >= 0.6 is 15.9 Å². The van der Waals surface area contributed by atoms with Gasteiger partial charge < -0.3 is 10.1 Å². The SMILES string of the molecule is CCOCc1ccccc1CNC(C)c1cccc(Br)c1. The molecule has 2 aromatic carbocycles. The summed E-state index contributed by atoms with van der Waals surface area (Å²) >= 11 is 3.52. The van der Waals surface area contributed by atoms with E-state index >= 15 is 0 Å². The zero-order valence-corrected chi connectivity index (χ0v) is 14.2. The highest BCUT2D eigenvalue weighted by atomic mass is 79.9. The van der Waals surface area contributed by atoms with Crippen molar-refractivity contribution in [2.45, 2.75) is 33.0 Å². The summed E-state index contributed by atoms with van der Waals surface area (Å²) < 4.78 is 6.65. The Morgan fingerprint density at radius 3 is 2.57 bits per heavy atom. The Bertz CT molecular complexity index is 571. The number of nitrogens with one attached hydrogen (secondary N) is 1. The minimum atomic E-state index is 0.308. The van der Waals surface area contributed by atoms with E-state index in [9.17, 15) is 0 Å². The van der Waals surface area contributed by atoms with Crippen molar-refractivity contribution < 1.29 is 4.74 Å². The van der Waals surface area contributed by atoms with Crippen molar-refractivity contribution >= 4 is 15.9 Å². The van der Waals surface area contributed by atoms with E-state index in [-0.39, 0.29) is 0 Å². The molecule has 0 bridgehead atoms. The molecule has 0 saturated carbocycles. The molecular formula is C18H22BrNO. The highest BCUT2D eigenvalue weighted by Crippen LogP contribution is 2.19. The second-order valence-corrected chi connectivity index (χ2v) is 5.98. The summed E-state index contributed by atoms with van der Waals surface area (Å²) in [5.74, 6) is 0. The van der Waals surface area contributed by atoms with Crippen molar-refractivity contribution in [3.05, 3.63) is 69.7 Å². The van der Waals surface area contributed by atoms with Crippen LogP contribution in [0.4, 0.5) is 0 Å². The van der Waals surface area contributed by atoms with Crippen molar-refractivity contribution in [3.63, 3.8) is 0 Å². The predicted molar refractivity (Wildman–Crippen MR) is 91.2 cm³/mol. The lowest BCUT2D eigenvalue weighted by Crippen LogP contribution is -2.19. The Morgan fingerprint density at radius 1 is 1.10 bits per heavy atom. The van der Waals surface area contributed by atoms with E-state index in [1.54, 1.807) is 0 Å². The number of rotatable bonds is 7. The number of halogens is 1. The summed E-state index contributed by atoms with van der Waals surface area (Å²) in [4.78, 5) is 0. The molecule has 0 heterocycles. The molecule has 1 unspecified atom stereocenters. The van der Waals surface area contributed by atoms with Crippen LogP contribution in [0.25, 0.3) is 0 Å². The maximum absolute atomic E-state index is 5.53. The fourth-order valence-electron chi connectivity index (χ4n) is 2.24. The highest BCUT2D eigenvalue weighted by molar-refractivity contribution is 9.10. The Hall–Kier alpha value is -1.16. The van der Waals surface area contributed by atoms with Crippen LogP contribution in [0.5, 0.6) is 0 Å². The summed E-state index contributed by atoms with van der Waals surface area (Å²) in [5.41, 5.74) is 3.84. The minimum Gasteiger partial charge on any atom is -0.377 e. The van der Waals surface area contributed by atoms with E-state index in [0.29, 0.717) is 12.6 Å². The monoisotopic (exact) mass is 347 g/mol. The smallest absolute Gasteiger partial charge is 0.0719 e. The van der Waals surface area contributed by atoms with Crippen LogP contribution < -0.4 is 5.32 Å². The Morgan fingerprint density at radius 2 is 1.86 bits per heavy atom. The number of benzene rings is 2. The van der Waals surface area contributed by atoms with Gasteiger partial charge in [0.05, 0.1) is 6.61 Å². The lowest BCUT2D eigenvalue weighted by molar-refractivity contribution is 0.133. The second kappa shape index (κ2) is 8.32. The van der Waals surface area contributed by atoms with Crippen LogP contribution in [-0.4, -0.2) is 6.61 Å². The van der Waals surface area contributed by atoms with Gasteiger partial charge in [0.25, 0.3) is 0 Å². The fourth-order valence-corrected chi connectivity index (χ4v) is 2.66. The van der Waals surface area contributed by atoms with Gasteiger partial charge in [-0.05, 0) is 42.7 Å². The van der Waals surface area contributed by atoms with Gasteiger partial charge in [0.2, 0.25) is 0 Å². The van der Waals surface area contributed by atoms with E-state index in [2.05, 4.69) is 70.6 Å². The first kappa shape index (κ1) is 16.2. The van der Waals surface area contributed by atoms with Crippen molar-refractivity contribution in [3.8, 4) is 0 Å². The van der Waals surface area contributed by atoms with Gasteiger partial charge in [-0.25, -0.2) is 0 Å². The largest absolute Gasteiger partial charge is 0.377 e. The third-order valence-corrected chi connectivity index (χ3v) is 4.02. The number of hydrogen-bond donors (Lipinski definition) is 1. The molecule has 0 aliphatic rings. The van der Waals surface area contributed by atoms with Gasteiger partial charge in [-0.1, -0.05) is 52.3 Å². The van der Waals surface area contributed by atoms with Crippen LogP contribution in [-0.2, 0) is 17.9 Å². The number of ether oxygens (including phenoxy) is 1. The molecule has 0 spiro atoms. The van der Waals surface area contributed by atoms with Gasteiger partial charge in [0.1, 0.15) is 0 Å². The van der Waals surface area contributed by atoms with Gasteiger partial charge in [-0.15, -0.1) is 0 Å². The molecule has 0 amide bonds. The van der Waals surface area contributed by atoms with Crippen molar-refractivity contribution in [2.75, 3.05) is 6.61 Å². The molecule has 0 fully saturated rings. The van der Waals surface area contributed by atoms with Crippen molar-refractivity contribution in [1.29, 1.82) is 0 Å². The molecule has 3 heteroatoms. The molecule has 0 radical (unpaired) electrons. The van der Waals surface area contributed by atoms with E-state index in [1.807, 2.05) is 13.0 Å². The van der Waals surface area contributed by atoms with Gasteiger partial charge in [0, 0.05) is 23.7 Å². The Kier molecular flexibility index (Phi) is 6.43. The molecule has 1 N–H and O–H groups in total. The third kappa shape index (κ3) is 4.95. The molecule has 2 aromatic rings. The lowest BCUT2D eigenvalue weighted by atomic mass is 10.1. The molecule has 0 aliphatic carbocycles. The average molecular weight is 348 g/mol. The van der Waals surface area contributed by atoms with Gasteiger partial charge in [0.15, 0.2) is 0 Å². The molecule has 1 atom stereocenters. The van der Waals surface area contributed by atoms with Crippen LogP contribution in [0.3, 0.4) is 0 Å². The normalized spacial score (nSPS) is 12.3. The standard InChI is InChI=1S/C18H22BrNO/c1-3-21-13-17-8-5-4-7-16(17)12-20-14(2)15-9-6-10-18(19)11-15/h4-11,14,20H,3,12-13H2,1-2H3. The van der Waals surface area contributed by atoms with Crippen LogP contribution in [0.2, 0.25) is 0 Å². The first-order valence-corrected chi connectivity index (χ1v) is 8.13. The molecule has 0 saturated heterocycles. The first-order chi connectivity index (χ1) is 10.2. The first-order valence-electron chi connectivity index (χ1n) is 7.34. The highest BCUT2D eigenvalue weighted by Gasteiger charge is 2.07. The Labute approximate surface area is 135 Å². The van der Waals surface area contributed by atoms with Crippen LogP contribution in [0, 0.1) is 0 Å². The summed E-state index contributed by atoms with van der Waals surface area (Å²) in [6, 6.07) is 17.2. The minimum absolute atomic E-state index is 0.308. The fraction of sp³-hybridized carbons (Fsp3) is 0.333. The Balaban J connectivity index is 1.99. The predicted octanol–water partition coefficient (Wildman–Crippen LogP) is 4.84. The van der Waals surface area contributed by atoms with Crippen molar-refractivity contribution in [2.24, 2.45) is 0 Å². The van der Waals surface area contributed by atoms with E-state index in [4.69, 9.17) is 4.74 Å². The van der Waals surface area contributed by atoms with Crippen molar-refractivity contribution in [1.82, 2.24) is 5.32 Å². The quantitative estimate of drug-likeness (QED) is 0.773. The van der Waals surface area contributed by atoms with E-state index < -0.39 is 0 Å². The maximum Gasteiger partial charge on any atom is 0.0719 e. The molecule has 0 aromatic heterocycles. The second-order valence-electron chi connectivity index (χ2n) is 5.06. The number of hydrogen-bond acceptors (Lipinski definition) is 2. The maximum atomic E-state index is 5.53. The van der Waals surface area contributed by atoms with Crippen LogP contribution in [0.15, 0.2) is 53.0 Å². The topological polar surface area (TPSA) is 21.3 Å². The molecule has 112 valence electrons. The zero-order valence-electron chi connectivity index (χ0n) is 12.6. The molecular weight excluding hydrogens is 326 g/mol. The summed E-state index contributed by atoms with van der Waals surface area (Å²) in [5, 5.41) is 3.58. The lowest BCUT2D eigenvalue weighted by Gasteiger charge is -2.16. The third-order valence-electron chi connectivity index (χ3n) is 3.53. The molecule has 21 heavy (non-hydrogen) atoms. The van der Waals surface area contributed by atoms with Gasteiger partial charge in [-0.2, -0.15) is 0 Å². The zero-order chi connectivity index (χ0) is 15.1. The van der Waals surface area contributed by atoms with E-state index in [1.165, 1.54) is 16.7 Å². The van der Waals surface area contributed by atoms with Gasteiger partial charge in [-0.3, -0.25) is 0 Å². The summed E-state index contributed by atoms with van der Waals surface area (Å²) in [6.07, 6.45) is 0. The summed E-state index contributed by atoms with van der Waals surface area (Å²) in [6.45, 7) is 6.48. The molecule has 2 nitrogen and oxygen atoms in total. The van der Waals surface area contributed by atoms with E-state index in [0.717, 1.165) is 17.6 Å².